The van der Waals surface area contributed by atoms with Crippen molar-refractivity contribution in [2.75, 3.05) is 27.4 Å². The summed E-state index contributed by atoms with van der Waals surface area (Å²) < 4.78 is 10.7. The molecule has 106 valence electrons. The molecule has 0 radical (unpaired) electrons. The predicted molar refractivity (Wildman–Crippen MR) is 74.7 cm³/mol. The molecule has 0 heterocycles. The van der Waals surface area contributed by atoms with E-state index in [0.717, 1.165) is 36.4 Å². The summed E-state index contributed by atoms with van der Waals surface area (Å²) >= 11 is 0. The van der Waals surface area contributed by atoms with Crippen molar-refractivity contribution in [2.24, 2.45) is 5.41 Å². The summed E-state index contributed by atoms with van der Waals surface area (Å²) in [6, 6.07) is 5.97. The van der Waals surface area contributed by atoms with Gasteiger partial charge in [0.1, 0.15) is 11.5 Å². The summed E-state index contributed by atoms with van der Waals surface area (Å²) in [7, 11) is 3.34. The second-order valence-electron chi connectivity index (χ2n) is 5.37. The summed E-state index contributed by atoms with van der Waals surface area (Å²) in [5, 5.41) is 12.8. The number of benzene rings is 1. The Balaban J connectivity index is 2.06. The van der Waals surface area contributed by atoms with Crippen molar-refractivity contribution in [1.82, 2.24) is 5.32 Å². The Bertz CT molecular complexity index is 429. The highest BCUT2D eigenvalue weighted by molar-refractivity contribution is 5.42. The number of ether oxygens (including phenoxy) is 2. The molecule has 1 saturated carbocycles. The molecule has 1 aromatic carbocycles. The Morgan fingerprint density at radius 2 is 2.05 bits per heavy atom. The van der Waals surface area contributed by atoms with Gasteiger partial charge < -0.3 is 19.9 Å². The highest BCUT2D eigenvalue weighted by Gasteiger charge is 2.41. The van der Waals surface area contributed by atoms with Crippen LogP contribution in [-0.2, 0) is 0 Å². The molecular formula is C15H23NO3. The molecule has 0 amide bonds. The van der Waals surface area contributed by atoms with Crippen LogP contribution >= 0.6 is 0 Å². The lowest BCUT2D eigenvalue weighted by Gasteiger charge is -2.21. The van der Waals surface area contributed by atoms with Crippen LogP contribution in [0.15, 0.2) is 18.2 Å². The summed E-state index contributed by atoms with van der Waals surface area (Å²) in [6.07, 6.45) is 2.22. The van der Waals surface area contributed by atoms with Gasteiger partial charge in [-0.25, -0.2) is 0 Å². The molecule has 2 N–H and O–H groups in total. The van der Waals surface area contributed by atoms with Gasteiger partial charge in [0.2, 0.25) is 0 Å². The third-order valence-corrected chi connectivity index (χ3v) is 3.98. The van der Waals surface area contributed by atoms with E-state index in [-0.39, 0.29) is 18.1 Å². The van der Waals surface area contributed by atoms with Gasteiger partial charge in [-0.05, 0) is 38.0 Å². The fraction of sp³-hybridized carbons (Fsp3) is 0.600. The molecule has 1 unspecified atom stereocenters. The van der Waals surface area contributed by atoms with E-state index in [9.17, 15) is 5.11 Å². The van der Waals surface area contributed by atoms with Gasteiger partial charge in [-0.3, -0.25) is 0 Å². The van der Waals surface area contributed by atoms with Crippen LogP contribution in [-0.4, -0.2) is 32.5 Å². The molecule has 19 heavy (non-hydrogen) atoms. The first-order valence-electron chi connectivity index (χ1n) is 6.70. The third-order valence-electron chi connectivity index (χ3n) is 3.98. The van der Waals surface area contributed by atoms with Crippen molar-refractivity contribution in [3.8, 4) is 11.5 Å². The van der Waals surface area contributed by atoms with Crippen LogP contribution in [0.2, 0.25) is 0 Å². The lowest BCUT2D eigenvalue weighted by molar-refractivity contribution is 0.204. The minimum absolute atomic E-state index is 0.111. The van der Waals surface area contributed by atoms with E-state index in [1.165, 1.54) is 0 Å². The SMILES string of the molecule is COc1ccc(OC)c(C(C)NCC2(CO)CC2)c1. The summed E-state index contributed by atoms with van der Waals surface area (Å²) in [6.45, 7) is 3.21. The fourth-order valence-corrected chi connectivity index (χ4v) is 2.22. The molecule has 1 fully saturated rings. The molecule has 2 rings (SSSR count). The van der Waals surface area contributed by atoms with Gasteiger partial charge in [0.15, 0.2) is 0 Å². The average molecular weight is 265 g/mol. The monoisotopic (exact) mass is 265 g/mol. The summed E-state index contributed by atoms with van der Waals surface area (Å²) in [5.41, 5.74) is 1.19. The number of hydrogen-bond donors (Lipinski definition) is 2. The molecule has 4 nitrogen and oxygen atoms in total. The standard InChI is InChI=1S/C15H23NO3/c1-11(16-9-15(10-17)6-7-15)13-8-12(18-2)4-5-14(13)19-3/h4-5,8,11,16-17H,6-7,9-10H2,1-3H3. The minimum atomic E-state index is 0.111. The lowest BCUT2D eigenvalue weighted by Crippen LogP contribution is -2.29. The smallest absolute Gasteiger partial charge is 0.123 e. The Kier molecular flexibility index (Phi) is 4.32. The van der Waals surface area contributed by atoms with E-state index >= 15 is 0 Å². The largest absolute Gasteiger partial charge is 0.497 e. The van der Waals surface area contributed by atoms with Crippen LogP contribution < -0.4 is 14.8 Å². The lowest BCUT2D eigenvalue weighted by atomic mass is 10.0. The van der Waals surface area contributed by atoms with Gasteiger partial charge in [-0.2, -0.15) is 0 Å². The zero-order valence-electron chi connectivity index (χ0n) is 11.9. The van der Waals surface area contributed by atoms with Crippen LogP contribution in [0.5, 0.6) is 11.5 Å². The molecule has 1 aliphatic carbocycles. The highest BCUT2D eigenvalue weighted by atomic mass is 16.5. The number of hydrogen-bond acceptors (Lipinski definition) is 4. The van der Waals surface area contributed by atoms with Crippen molar-refractivity contribution < 1.29 is 14.6 Å². The van der Waals surface area contributed by atoms with Crippen LogP contribution in [0, 0.1) is 5.41 Å². The van der Waals surface area contributed by atoms with Crippen LogP contribution in [0.3, 0.4) is 0 Å². The van der Waals surface area contributed by atoms with Crippen LogP contribution in [0.25, 0.3) is 0 Å². The van der Waals surface area contributed by atoms with E-state index in [2.05, 4.69) is 12.2 Å². The zero-order valence-corrected chi connectivity index (χ0v) is 11.9. The zero-order chi connectivity index (χ0) is 13.9. The molecule has 0 bridgehead atoms. The number of aliphatic hydroxyl groups is 1. The predicted octanol–water partition coefficient (Wildman–Crippen LogP) is 2.13. The number of methoxy groups -OCH3 is 2. The molecule has 0 spiro atoms. The fourth-order valence-electron chi connectivity index (χ4n) is 2.22. The average Bonchev–Trinajstić information content (AvgIpc) is 3.24. The van der Waals surface area contributed by atoms with E-state index in [1.807, 2.05) is 18.2 Å². The maximum absolute atomic E-state index is 9.34. The molecule has 1 aliphatic rings. The van der Waals surface area contributed by atoms with Crippen molar-refractivity contribution in [1.29, 1.82) is 0 Å². The second kappa shape index (κ2) is 5.80. The first-order chi connectivity index (χ1) is 9.14. The van der Waals surface area contributed by atoms with E-state index in [0.29, 0.717) is 0 Å². The van der Waals surface area contributed by atoms with E-state index in [1.54, 1.807) is 14.2 Å². The number of aliphatic hydroxyl groups excluding tert-OH is 1. The Morgan fingerprint density at radius 3 is 2.58 bits per heavy atom. The molecule has 0 aliphatic heterocycles. The Morgan fingerprint density at radius 1 is 1.32 bits per heavy atom. The highest BCUT2D eigenvalue weighted by Crippen LogP contribution is 2.44. The molecular weight excluding hydrogens is 242 g/mol. The summed E-state index contributed by atoms with van der Waals surface area (Å²) in [5.74, 6) is 1.68. The van der Waals surface area contributed by atoms with Crippen molar-refractivity contribution >= 4 is 0 Å². The van der Waals surface area contributed by atoms with Crippen LogP contribution in [0.4, 0.5) is 0 Å². The van der Waals surface area contributed by atoms with Crippen molar-refractivity contribution in [2.45, 2.75) is 25.8 Å². The topological polar surface area (TPSA) is 50.7 Å². The molecule has 0 aromatic heterocycles. The second-order valence-corrected chi connectivity index (χ2v) is 5.37. The number of rotatable bonds is 7. The molecule has 0 saturated heterocycles. The molecule has 4 heteroatoms. The van der Waals surface area contributed by atoms with Gasteiger partial charge in [0.25, 0.3) is 0 Å². The van der Waals surface area contributed by atoms with E-state index in [4.69, 9.17) is 9.47 Å². The van der Waals surface area contributed by atoms with Gasteiger partial charge in [-0.15, -0.1) is 0 Å². The minimum Gasteiger partial charge on any atom is -0.497 e. The van der Waals surface area contributed by atoms with Crippen molar-refractivity contribution in [3.05, 3.63) is 23.8 Å². The first-order valence-corrected chi connectivity index (χ1v) is 6.70. The van der Waals surface area contributed by atoms with Crippen molar-refractivity contribution in [3.63, 3.8) is 0 Å². The quantitative estimate of drug-likeness (QED) is 0.793. The molecule has 1 aromatic rings. The van der Waals surface area contributed by atoms with E-state index < -0.39 is 0 Å². The third kappa shape index (κ3) is 3.19. The van der Waals surface area contributed by atoms with Gasteiger partial charge in [-0.1, -0.05) is 0 Å². The number of nitrogens with one attached hydrogen (secondary N) is 1. The van der Waals surface area contributed by atoms with Crippen LogP contribution in [0.1, 0.15) is 31.4 Å². The van der Waals surface area contributed by atoms with Gasteiger partial charge >= 0.3 is 0 Å². The first kappa shape index (κ1) is 14.2. The Hall–Kier alpha value is -1.26. The molecule has 1 atom stereocenters. The Labute approximate surface area is 114 Å². The van der Waals surface area contributed by atoms with Gasteiger partial charge in [0, 0.05) is 30.2 Å². The summed E-state index contributed by atoms with van der Waals surface area (Å²) in [4.78, 5) is 0. The van der Waals surface area contributed by atoms with Gasteiger partial charge in [0.05, 0.1) is 14.2 Å². The normalized spacial score (nSPS) is 17.9. The maximum atomic E-state index is 9.34. The maximum Gasteiger partial charge on any atom is 0.123 e.